The normalized spacial score (nSPS) is 23.8. The minimum atomic E-state index is -1.70. The van der Waals surface area contributed by atoms with E-state index < -0.39 is 19.0 Å². The highest BCUT2D eigenvalue weighted by Crippen LogP contribution is 2.50. The highest BCUT2D eigenvalue weighted by Gasteiger charge is 2.56. The molecule has 2 fully saturated rings. The first kappa shape index (κ1) is 28.4. The Bertz CT molecular complexity index is 1610. The molecule has 3 aliphatic rings. The lowest BCUT2D eigenvalue weighted by Gasteiger charge is -2.30. The summed E-state index contributed by atoms with van der Waals surface area (Å²) in [5.74, 6) is -1.64. The molecule has 1 aliphatic carbocycles. The number of carbonyl (C=O) groups is 2. The number of halogens is 1. The number of ether oxygens (including phenoxy) is 1. The molecule has 4 atom stereocenters. The Kier molecular flexibility index (Phi) is 7.76. The Morgan fingerprint density at radius 2 is 1.93 bits per heavy atom. The Balaban J connectivity index is 1.25. The third kappa shape index (κ3) is 5.18. The Morgan fingerprint density at radius 3 is 2.67 bits per heavy atom. The molecule has 42 heavy (non-hydrogen) atoms. The van der Waals surface area contributed by atoms with Crippen LogP contribution in [-0.4, -0.2) is 51.8 Å². The van der Waals surface area contributed by atoms with Gasteiger partial charge < -0.3 is 19.9 Å². The van der Waals surface area contributed by atoms with Gasteiger partial charge in [0.1, 0.15) is 5.75 Å². The second-order valence-corrected chi connectivity index (χ2v) is 11.5. The molecule has 6 rings (SSSR count). The maximum absolute atomic E-state index is 13.8. The second-order valence-electron chi connectivity index (χ2n) is 11.1. The van der Waals surface area contributed by atoms with E-state index in [9.17, 15) is 24.7 Å². The molecule has 2 amide bonds. The molecule has 3 heterocycles. The number of hydrogen-bond donors (Lipinski definition) is 3. The molecule has 2 saturated heterocycles. The van der Waals surface area contributed by atoms with Crippen molar-refractivity contribution in [3.8, 4) is 5.75 Å². The van der Waals surface area contributed by atoms with Gasteiger partial charge in [-0.15, -0.1) is 0 Å². The van der Waals surface area contributed by atoms with Crippen LogP contribution < -0.4 is 10.4 Å². The van der Waals surface area contributed by atoms with Crippen molar-refractivity contribution in [2.45, 2.75) is 32.3 Å². The van der Waals surface area contributed by atoms with E-state index in [4.69, 9.17) is 16.3 Å². The van der Waals surface area contributed by atoms with Crippen LogP contribution in [0, 0.1) is 17.8 Å². The predicted octanol–water partition coefficient (Wildman–Crippen LogP) is 3.98. The molecule has 0 spiro atoms. The summed E-state index contributed by atoms with van der Waals surface area (Å²) in [5, 5.41) is 29.4. The molecule has 0 bridgehead atoms. The zero-order valence-electron chi connectivity index (χ0n) is 23.0. The number of imide groups is 1. The van der Waals surface area contributed by atoms with Crippen molar-refractivity contribution >= 4 is 53.3 Å². The molecule has 3 aromatic rings. The molecule has 2 aromatic carbocycles. The summed E-state index contributed by atoms with van der Waals surface area (Å²) in [6, 6.07) is 16.8. The fraction of sp³-hybridized carbons (Fsp3) is 0.281. The number of allylic oxidation sites excluding steroid dienone is 2. The lowest BCUT2D eigenvalue weighted by molar-refractivity contribution is -0.122. The average molecular weight is 585 g/mol. The monoisotopic (exact) mass is 584 g/mol. The summed E-state index contributed by atoms with van der Waals surface area (Å²) in [7, 11) is -1.70. The summed E-state index contributed by atoms with van der Waals surface area (Å²) < 4.78 is 6.32. The lowest BCUT2D eigenvalue weighted by Crippen LogP contribution is -2.35. The predicted molar refractivity (Wildman–Crippen MR) is 161 cm³/mol. The minimum Gasteiger partial charge on any atom is -0.508 e. The molecule has 8 nitrogen and oxygen atoms in total. The number of pyridine rings is 1. The van der Waals surface area contributed by atoms with E-state index in [2.05, 4.69) is 4.98 Å². The van der Waals surface area contributed by atoms with Crippen LogP contribution in [0.5, 0.6) is 5.75 Å². The lowest BCUT2D eigenvalue weighted by atomic mass is 9.70. The van der Waals surface area contributed by atoms with Crippen molar-refractivity contribution in [2.75, 3.05) is 11.5 Å². The van der Waals surface area contributed by atoms with Crippen LogP contribution in [0.3, 0.4) is 0 Å². The van der Waals surface area contributed by atoms with Gasteiger partial charge in [-0.2, -0.15) is 0 Å². The SMILES string of the molecule is CC1=C2[C@@H](CC/C(=C/c3ccc(O)cc3Cl)c3ccccn3)OC[C@@H]2[C@@H]2C(=O)N(c3cccc(B(O)O)c3)C(=O)[C@@H]2C1. The summed E-state index contributed by atoms with van der Waals surface area (Å²) >= 11 is 6.41. The minimum absolute atomic E-state index is 0.0946. The number of phenolic OH excluding ortho intramolecular Hbond substituents is 1. The van der Waals surface area contributed by atoms with Crippen LogP contribution in [0.1, 0.15) is 37.4 Å². The molecule has 0 radical (unpaired) electrons. The highest BCUT2D eigenvalue weighted by atomic mass is 35.5. The summed E-state index contributed by atoms with van der Waals surface area (Å²) in [5.41, 5.74) is 5.28. The molecule has 2 aliphatic heterocycles. The first-order valence-electron chi connectivity index (χ1n) is 14.0. The molecule has 1 aromatic heterocycles. The number of nitrogens with zero attached hydrogens (tertiary/aromatic N) is 2. The van der Waals surface area contributed by atoms with E-state index in [1.54, 1.807) is 30.5 Å². The van der Waals surface area contributed by atoms with Gasteiger partial charge in [-0.3, -0.25) is 19.5 Å². The van der Waals surface area contributed by atoms with Crippen LogP contribution in [-0.2, 0) is 14.3 Å². The number of rotatable bonds is 7. The molecule has 214 valence electrons. The largest absolute Gasteiger partial charge is 0.508 e. The summed E-state index contributed by atoms with van der Waals surface area (Å²) in [6.07, 6.45) is 5.27. The van der Waals surface area contributed by atoms with Crippen molar-refractivity contribution in [3.63, 3.8) is 0 Å². The van der Waals surface area contributed by atoms with E-state index in [0.717, 1.165) is 28.0 Å². The molecular formula is C32H30BClN2O6. The Hall–Kier alpha value is -3.76. The summed E-state index contributed by atoms with van der Waals surface area (Å²) in [4.78, 5) is 33.0. The standard InChI is InChI=1S/C32H30BClN2O6/c1-18-13-24-30(32(39)36(31(24)38)22-6-4-5-21(15-22)33(40)41)25-17-42-28(29(18)25)11-9-20(27-7-2-3-12-35-27)14-19-8-10-23(37)16-26(19)34/h2-8,10,12,14-16,24-25,28,30,37,40-41H,9,11,13,17H2,1H3/b20-14-/t24-,25+,28-,30-/m1/s1. The van der Waals surface area contributed by atoms with Crippen molar-refractivity contribution in [1.29, 1.82) is 0 Å². The first-order valence-corrected chi connectivity index (χ1v) is 14.4. The van der Waals surface area contributed by atoms with Gasteiger partial charge in [0.25, 0.3) is 0 Å². The summed E-state index contributed by atoms with van der Waals surface area (Å²) in [6.45, 7) is 2.38. The number of aromatic hydroxyl groups is 1. The molecule has 10 heteroatoms. The quantitative estimate of drug-likeness (QED) is 0.218. The van der Waals surface area contributed by atoms with E-state index in [1.165, 1.54) is 23.1 Å². The number of anilines is 1. The first-order chi connectivity index (χ1) is 20.2. The van der Waals surface area contributed by atoms with E-state index in [-0.39, 0.29) is 35.0 Å². The van der Waals surface area contributed by atoms with Crippen molar-refractivity contribution in [2.24, 2.45) is 17.8 Å². The van der Waals surface area contributed by atoms with Crippen LogP contribution >= 0.6 is 11.6 Å². The second kappa shape index (κ2) is 11.5. The van der Waals surface area contributed by atoms with Crippen LogP contribution in [0.15, 0.2) is 78.0 Å². The van der Waals surface area contributed by atoms with E-state index in [0.29, 0.717) is 36.6 Å². The maximum Gasteiger partial charge on any atom is 0.488 e. The number of amides is 2. The van der Waals surface area contributed by atoms with Crippen LogP contribution in [0.4, 0.5) is 5.69 Å². The molecule has 0 saturated carbocycles. The third-order valence-electron chi connectivity index (χ3n) is 8.56. The topological polar surface area (TPSA) is 120 Å². The Morgan fingerprint density at radius 1 is 1.10 bits per heavy atom. The fourth-order valence-electron chi connectivity index (χ4n) is 6.64. The van der Waals surface area contributed by atoms with Gasteiger partial charge >= 0.3 is 7.12 Å². The number of aromatic nitrogens is 1. The number of carbonyl (C=O) groups excluding carboxylic acids is 2. The van der Waals surface area contributed by atoms with Crippen molar-refractivity contribution in [1.82, 2.24) is 4.98 Å². The number of phenols is 1. The zero-order valence-corrected chi connectivity index (χ0v) is 23.7. The van der Waals surface area contributed by atoms with Crippen LogP contribution in [0.25, 0.3) is 11.6 Å². The molecule has 0 unspecified atom stereocenters. The molecule has 3 N–H and O–H groups in total. The van der Waals surface area contributed by atoms with E-state index in [1.807, 2.05) is 31.2 Å². The Labute approximate surface area is 249 Å². The molecular weight excluding hydrogens is 555 g/mol. The third-order valence-corrected chi connectivity index (χ3v) is 8.89. The van der Waals surface area contributed by atoms with Crippen molar-refractivity contribution < 1.29 is 29.5 Å². The van der Waals surface area contributed by atoms with Gasteiger partial charge in [0.05, 0.1) is 41.0 Å². The smallest absolute Gasteiger partial charge is 0.488 e. The number of benzene rings is 2. The zero-order chi connectivity index (χ0) is 29.5. The van der Waals surface area contributed by atoms with Gasteiger partial charge in [0.2, 0.25) is 11.8 Å². The van der Waals surface area contributed by atoms with Crippen LogP contribution in [0.2, 0.25) is 5.02 Å². The van der Waals surface area contributed by atoms with Gasteiger partial charge in [0.15, 0.2) is 0 Å². The van der Waals surface area contributed by atoms with E-state index >= 15 is 0 Å². The number of hydrogen-bond acceptors (Lipinski definition) is 7. The average Bonchev–Trinajstić information content (AvgIpc) is 3.51. The van der Waals surface area contributed by atoms with Gasteiger partial charge in [-0.1, -0.05) is 35.4 Å². The maximum atomic E-state index is 13.8. The highest BCUT2D eigenvalue weighted by molar-refractivity contribution is 6.58. The van der Waals surface area contributed by atoms with Gasteiger partial charge in [-0.05, 0) is 96.9 Å². The number of fused-ring (bicyclic) bond motifs is 3. The van der Waals surface area contributed by atoms with Gasteiger partial charge in [-0.25, -0.2) is 0 Å². The van der Waals surface area contributed by atoms with Gasteiger partial charge in [0, 0.05) is 12.1 Å². The van der Waals surface area contributed by atoms with Crippen molar-refractivity contribution in [3.05, 3.63) is 94.3 Å². The fourth-order valence-corrected chi connectivity index (χ4v) is 6.87.